The second-order valence-electron chi connectivity index (χ2n) is 1.64. The van der Waals surface area contributed by atoms with Gasteiger partial charge in [-0.15, -0.1) is 12.4 Å². The molecule has 1 aromatic heterocycles. The minimum absolute atomic E-state index is 0. The van der Waals surface area contributed by atoms with E-state index in [4.69, 9.17) is 11.5 Å². The van der Waals surface area contributed by atoms with Crippen LogP contribution in [0, 0.1) is 0 Å². The highest BCUT2D eigenvalue weighted by Gasteiger charge is 1.93. The van der Waals surface area contributed by atoms with E-state index >= 15 is 0 Å². The summed E-state index contributed by atoms with van der Waals surface area (Å²) < 4.78 is 0. The van der Waals surface area contributed by atoms with E-state index in [2.05, 4.69) is 9.97 Å². The zero-order chi connectivity index (χ0) is 6.69. The fourth-order valence-electron chi connectivity index (χ4n) is 0.525. The molecule has 0 aliphatic rings. The second-order valence-corrected chi connectivity index (χ2v) is 1.64. The molecule has 1 heterocycles. The maximum absolute atomic E-state index is 5.40. The van der Waals surface area contributed by atoms with E-state index in [9.17, 15) is 0 Å². The molecule has 0 amide bonds. The quantitative estimate of drug-likeness (QED) is 0.604. The number of nitrogens with zero attached hydrogens (tertiary/aromatic N) is 2. The van der Waals surface area contributed by atoms with Crippen LogP contribution in [-0.4, -0.2) is 9.97 Å². The molecule has 0 unspecified atom stereocenters. The van der Waals surface area contributed by atoms with E-state index in [1.54, 1.807) is 6.20 Å². The van der Waals surface area contributed by atoms with Crippen molar-refractivity contribution in [3.63, 3.8) is 0 Å². The van der Waals surface area contributed by atoms with Gasteiger partial charge in [0, 0.05) is 18.3 Å². The highest BCUT2D eigenvalue weighted by atomic mass is 35.5. The molecule has 0 aliphatic heterocycles. The van der Waals surface area contributed by atoms with Crippen LogP contribution in [0.15, 0.2) is 12.5 Å². The first-order chi connectivity index (χ1) is 4.34. The molecule has 0 aromatic carbocycles. The van der Waals surface area contributed by atoms with Crippen LogP contribution in [0.5, 0.6) is 0 Å². The minimum atomic E-state index is 0. The maximum Gasteiger partial charge on any atom is 0.131 e. The number of halogens is 1. The molecule has 0 saturated heterocycles. The molecular weight excluding hydrogens is 152 g/mol. The van der Waals surface area contributed by atoms with Crippen LogP contribution in [0.1, 0.15) is 5.56 Å². The fourth-order valence-corrected chi connectivity index (χ4v) is 0.525. The van der Waals surface area contributed by atoms with Gasteiger partial charge in [-0.3, -0.25) is 0 Å². The number of nitrogens with two attached hydrogens (primary N) is 2. The van der Waals surface area contributed by atoms with Gasteiger partial charge in [0.05, 0.1) is 0 Å². The third-order valence-electron chi connectivity index (χ3n) is 1.04. The van der Waals surface area contributed by atoms with Crippen molar-refractivity contribution in [1.29, 1.82) is 0 Å². The predicted octanol–water partition coefficient (Wildman–Crippen LogP) is -0.0607. The summed E-state index contributed by atoms with van der Waals surface area (Å²) in [5.41, 5.74) is 11.5. The number of aromatic nitrogens is 2. The minimum Gasteiger partial charge on any atom is -0.383 e. The number of nitrogen functional groups attached to an aromatic ring is 1. The van der Waals surface area contributed by atoms with Crippen LogP contribution in [-0.2, 0) is 6.54 Å². The monoisotopic (exact) mass is 160 g/mol. The van der Waals surface area contributed by atoms with E-state index < -0.39 is 0 Å². The lowest BCUT2D eigenvalue weighted by molar-refractivity contribution is 1.02. The first kappa shape index (κ1) is 9.13. The topological polar surface area (TPSA) is 77.8 Å². The molecule has 10 heavy (non-hydrogen) atoms. The van der Waals surface area contributed by atoms with Crippen molar-refractivity contribution in [3.05, 3.63) is 18.1 Å². The molecule has 0 atom stereocenters. The lowest BCUT2D eigenvalue weighted by Gasteiger charge is -1.96. The zero-order valence-electron chi connectivity index (χ0n) is 5.32. The summed E-state index contributed by atoms with van der Waals surface area (Å²) in [4.78, 5) is 7.48. The Hall–Kier alpha value is -0.870. The molecule has 0 spiro atoms. The molecule has 5 heteroatoms. The van der Waals surface area contributed by atoms with E-state index in [0.29, 0.717) is 12.4 Å². The van der Waals surface area contributed by atoms with Crippen molar-refractivity contribution < 1.29 is 0 Å². The third kappa shape index (κ3) is 1.82. The van der Waals surface area contributed by atoms with Crippen molar-refractivity contribution in [1.82, 2.24) is 9.97 Å². The molecule has 0 aliphatic carbocycles. The van der Waals surface area contributed by atoms with Crippen molar-refractivity contribution in [3.8, 4) is 0 Å². The zero-order valence-corrected chi connectivity index (χ0v) is 6.14. The van der Waals surface area contributed by atoms with Crippen molar-refractivity contribution >= 4 is 18.2 Å². The van der Waals surface area contributed by atoms with E-state index in [0.717, 1.165) is 5.56 Å². The van der Waals surface area contributed by atoms with Gasteiger partial charge >= 0.3 is 0 Å². The van der Waals surface area contributed by atoms with Crippen LogP contribution >= 0.6 is 12.4 Å². The summed E-state index contributed by atoms with van der Waals surface area (Å²) in [6.07, 6.45) is 3.01. The molecular formula is C5H9ClN4. The molecule has 1 aromatic rings. The maximum atomic E-state index is 5.40. The summed E-state index contributed by atoms with van der Waals surface area (Å²) >= 11 is 0. The number of hydrogen-bond donors (Lipinski definition) is 2. The van der Waals surface area contributed by atoms with Crippen LogP contribution in [0.4, 0.5) is 5.82 Å². The highest BCUT2D eigenvalue weighted by molar-refractivity contribution is 5.85. The van der Waals surface area contributed by atoms with Gasteiger partial charge in [-0.25, -0.2) is 9.97 Å². The fraction of sp³-hybridized carbons (Fsp3) is 0.200. The predicted molar refractivity (Wildman–Crippen MR) is 41.6 cm³/mol. The molecule has 0 fully saturated rings. The van der Waals surface area contributed by atoms with Crippen LogP contribution < -0.4 is 11.5 Å². The molecule has 0 radical (unpaired) electrons. The van der Waals surface area contributed by atoms with Crippen molar-refractivity contribution in [2.45, 2.75) is 6.54 Å². The normalized spacial score (nSPS) is 8.50. The standard InChI is InChI=1S/C5H8N4.ClH/c6-1-4-2-8-3-9-5(4)7;/h2-3H,1,6H2,(H2,7,8,9);1H. The van der Waals surface area contributed by atoms with Crippen LogP contribution in [0.25, 0.3) is 0 Å². The van der Waals surface area contributed by atoms with E-state index in [1.807, 2.05) is 0 Å². The number of hydrogen-bond acceptors (Lipinski definition) is 4. The van der Waals surface area contributed by atoms with E-state index in [-0.39, 0.29) is 12.4 Å². The SMILES string of the molecule is Cl.NCc1cncnc1N. The molecule has 56 valence electrons. The first-order valence-corrected chi connectivity index (χ1v) is 2.59. The van der Waals surface area contributed by atoms with Crippen molar-refractivity contribution in [2.75, 3.05) is 5.73 Å². The van der Waals surface area contributed by atoms with Gasteiger partial charge < -0.3 is 11.5 Å². The Balaban J connectivity index is 0.000000810. The van der Waals surface area contributed by atoms with Gasteiger partial charge in [0.15, 0.2) is 0 Å². The Morgan fingerprint density at radius 2 is 2.20 bits per heavy atom. The van der Waals surface area contributed by atoms with Gasteiger partial charge in [0.2, 0.25) is 0 Å². The Morgan fingerprint density at radius 3 is 2.60 bits per heavy atom. The largest absolute Gasteiger partial charge is 0.383 e. The summed E-state index contributed by atoms with van der Waals surface area (Å²) in [6.45, 7) is 0.396. The molecule has 1 rings (SSSR count). The molecule has 0 saturated carbocycles. The number of rotatable bonds is 1. The molecule has 4 nitrogen and oxygen atoms in total. The summed E-state index contributed by atoms with van der Waals surface area (Å²) in [5, 5.41) is 0. The third-order valence-corrected chi connectivity index (χ3v) is 1.04. The van der Waals surface area contributed by atoms with Gasteiger partial charge in [-0.2, -0.15) is 0 Å². The Labute approximate surface area is 65.1 Å². The smallest absolute Gasteiger partial charge is 0.131 e. The van der Waals surface area contributed by atoms with Gasteiger partial charge in [-0.1, -0.05) is 0 Å². The lowest BCUT2D eigenvalue weighted by atomic mass is 10.3. The summed E-state index contributed by atoms with van der Waals surface area (Å²) in [5.74, 6) is 0.465. The highest BCUT2D eigenvalue weighted by Crippen LogP contribution is 2.01. The van der Waals surface area contributed by atoms with Gasteiger partial charge in [0.25, 0.3) is 0 Å². The van der Waals surface area contributed by atoms with Gasteiger partial charge in [0.1, 0.15) is 12.1 Å². The summed E-state index contributed by atoms with van der Waals surface area (Å²) in [7, 11) is 0. The Bertz CT molecular complexity index is 203. The van der Waals surface area contributed by atoms with Crippen molar-refractivity contribution in [2.24, 2.45) is 5.73 Å². The Morgan fingerprint density at radius 1 is 1.50 bits per heavy atom. The Kier molecular flexibility index (Phi) is 3.68. The molecule has 4 N–H and O–H groups in total. The summed E-state index contributed by atoms with van der Waals surface area (Å²) in [6, 6.07) is 0. The molecule has 0 bridgehead atoms. The first-order valence-electron chi connectivity index (χ1n) is 2.59. The van der Waals surface area contributed by atoms with E-state index in [1.165, 1.54) is 6.33 Å². The van der Waals surface area contributed by atoms with Crippen LogP contribution in [0.3, 0.4) is 0 Å². The van der Waals surface area contributed by atoms with Gasteiger partial charge in [-0.05, 0) is 0 Å². The average Bonchev–Trinajstić information content (AvgIpc) is 1.89. The average molecular weight is 161 g/mol. The lowest BCUT2D eigenvalue weighted by Crippen LogP contribution is -2.03. The number of anilines is 1. The van der Waals surface area contributed by atoms with Crippen LogP contribution in [0.2, 0.25) is 0 Å². The second kappa shape index (κ2) is 4.03.